The number of pyridine rings is 1. The second-order valence-corrected chi connectivity index (χ2v) is 8.79. The molecule has 0 amide bonds. The highest BCUT2D eigenvalue weighted by Gasteiger charge is 2.20. The highest BCUT2D eigenvalue weighted by Crippen LogP contribution is 2.29. The van der Waals surface area contributed by atoms with Crippen molar-refractivity contribution in [1.29, 1.82) is 0 Å². The van der Waals surface area contributed by atoms with Gasteiger partial charge in [0.25, 0.3) is 5.56 Å². The van der Waals surface area contributed by atoms with Crippen LogP contribution in [-0.4, -0.2) is 32.0 Å². The third-order valence-corrected chi connectivity index (χ3v) is 6.17. The van der Waals surface area contributed by atoms with Crippen LogP contribution in [0.2, 0.25) is 10.0 Å². The summed E-state index contributed by atoms with van der Waals surface area (Å²) in [7, 11) is 1.57. The van der Waals surface area contributed by atoms with E-state index in [4.69, 9.17) is 28.3 Å². The Morgan fingerprint density at radius 2 is 1.66 bits per heavy atom. The predicted octanol–water partition coefficient (Wildman–Crippen LogP) is 4.74. The van der Waals surface area contributed by atoms with Crippen molar-refractivity contribution in [1.82, 2.24) is 14.1 Å². The van der Waals surface area contributed by atoms with Gasteiger partial charge in [0, 0.05) is 35.6 Å². The van der Waals surface area contributed by atoms with E-state index in [-0.39, 0.29) is 19.6 Å². The lowest BCUT2D eigenvalue weighted by molar-refractivity contribution is 0.0894. The van der Waals surface area contributed by atoms with Gasteiger partial charge in [0.1, 0.15) is 0 Å². The summed E-state index contributed by atoms with van der Waals surface area (Å²) in [5.74, 6) is 0. The summed E-state index contributed by atoms with van der Waals surface area (Å²) in [6, 6.07) is 14.4. The quantitative estimate of drug-likeness (QED) is 0.282. The second kappa shape index (κ2) is 10.3. The third-order valence-electron chi connectivity index (χ3n) is 5.66. The summed E-state index contributed by atoms with van der Waals surface area (Å²) in [6.07, 6.45) is 0.655. The summed E-state index contributed by atoms with van der Waals surface area (Å²) in [5, 5.41) is 10.2. The first-order valence-electron chi connectivity index (χ1n) is 10.7. The number of halogens is 2. The summed E-state index contributed by atoms with van der Waals surface area (Å²) < 4.78 is 7.00. The fraction of sp³-hybridized carbons (Fsp3) is 0.200. The molecule has 0 atom stereocenters. The Morgan fingerprint density at radius 1 is 1.03 bits per heavy atom. The fourth-order valence-electron chi connectivity index (χ4n) is 3.95. The Morgan fingerprint density at radius 3 is 2.29 bits per heavy atom. The number of carboxylic acid groups (broad SMARTS) is 1. The maximum absolute atomic E-state index is 13.7. The van der Waals surface area contributed by atoms with Gasteiger partial charge in [-0.3, -0.25) is 18.9 Å². The number of carbonyl (C=O) groups is 1. The summed E-state index contributed by atoms with van der Waals surface area (Å²) in [4.78, 5) is 41.8. The second-order valence-electron chi connectivity index (χ2n) is 7.92. The van der Waals surface area contributed by atoms with Crippen LogP contribution in [0.25, 0.3) is 22.2 Å². The van der Waals surface area contributed by atoms with Gasteiger partial charge in [-0.15, -0.1) is 0 Å². The van der Waals surface area contributed by atoms with Crippen molar-refractivity contribution in [3.8, 4) is 11.3 Å². The molecular formula is C25H21Cl2N3O5. The van der Waals surface area contributed by atoms with Crippen LogP contribution < -0.4 is 11.2 Å². The van der Waals surface area contributed by atoms with Crippen molar-refractivity contribution < 1.29 is 14.6 Å². The molecule has 0 aliphatic carbocycles. The lowest BCUT2D eigenvalue weighted by atomic mass is 9.96. The number of fused-ring (bicyclic) bond motifs is 1. The van der Waals surface area contributed by atoms with Crippen molar-refractivity contribution in [2.75, 3.05) is 6.61 Å². The molecule has 0 unspecified atom stereocenters. The molecule has 0 aliphatic rings. The zero-order valence-corrected chi connectivity index (χ0v) is 20.2. The van der Waals surface area contributed by atoms with E-state index in [9.17, 15) is 14.4 Å². The summed E-state index contributed by atoms with van der Waals surface area (Å²) in [6.45, 7) is -0.124. The van der Waals surface area contributed by atoms with Gasteiger partial charge in [-0.05, 0) is 41.8 Å². The lowest BCUT2D eigenvalue weighted by Crippen LogP contribution is -2.40. The van der Waals surface area contributed by atoms with Crippen LogP contribution in [0.3, 0.4) is 0 Å². The van der Waals surface area contributed by atoms with Crippen molar-refractivity contribution in [3.63, 3.8) is 0 Å². The number of hydrogen-bond acceptors (Lipinski definition) is 5. The first-order chi connectivity index (χ1) is 16.8. The minimum Gasteiger partial charge on any atom is -0.450 e. The molecule has 2 aromatic carbocycles. The molecular weight excluding hydrogens is 493 g/mol. The maximum Gasteiger partial charge on any atom is 0.505 e. The van der Waals surface area contributed by atoms with Gasteiger partial charge in [0.2, 0.25) is 0 Å². The van der Waals surface area contributed by atoms with Gasteiger partial charge in [-0.1, -0.05) is 47.5 Å². The molecule has 35 heavy (non-hydrogen) atoms. The first-order valence-corrected chi connectivity index (χ1v) is 11.5. The molecule has 180 valence electrons. The van der Waals surface area contributed by atoms with Crippen molar-refractivity contribution in [2.45, 2.75) is 19.4 Å². The van der Waals surface area contributed by atoms with Crippen molar-refractivity contribution in [2.24, 2.45) is 7.05 Å². The number of rotatable bonds is 7. The molecule has 0 bridgehead atoms. The van der Waals surface area contributed by atoms with Crippen LogP contribution in [0.15, 0.2) is 64.3 Å². The predicted molar refractivity (Wildman–Crippen MR) is 135 cm³/mol. The maximum atomic E-state index is 13.7. The lowest BCUT2D eigenvalue weighted by Gasteiger charge is -2.16. The number of hydrogen-bond donors (Lipinski definition) is 1. The van der Waals surface area contributed by atoms with Gasteiger partial charge in [0.05, 0.1) is 29.4 Å². The highest BCUT2D eigenvalue weighted by molar-refractivity contribution is 6.30. The molecule has 0 aliphatic heterocycles. The van der Waals surface area contributed by atoms with E-state index in [1.165, 1.54) is 10.8 Å². The summed E-state index contributed by atoms with van der Waals surface area (Å²) >= 11 is 12.1. The van der Waals surface area contributed by atoms with E-state index in [0.717, 1.165) is 15.7 Å². The molecule has 0 radical (unpaired) electrons. The SMILES string of the molecule is Cn1c(=O)n(CCCOC(=O)O)c(=O)c2c(Cc3ccc(Cl)cc3)c(-c3ccc(Cl)cc3)ncc21. The zero-order valence-electron chi connectivity index (χ0n) is 18.7. The summed E-state index contributed by atoms with van der Waals surface area (Å²) in [5.41, 5.74) is 2.35. The van der Waals surface area contributed by atoms with Gasteiger partial charge in [0.15, 0.2) is 0 Å². The van der Waals surface area contributed by atoms with Crippen LogP contribution in [0.4, 0.5) is 4.79 Å². The normalized spacial score (nSPS) is 11.1. The van der Waals surface area contributed by atoms with Crippen LogP contribution in [0.1, 0.15) is 17.5 Å². The van der Waals surface area contributed by atoms with Crippen LogP contribution in [0, 0.1) is 0 Å². The van der Waals surface area contributed by atoms with E-state index in [1.54, 1.807) is 31.3 Å². The molecule has 0 saturated carbocycles. The van der Waals surface area contributed by atoms with Crippen LogP contribution in [-0.2, 0) is 24.8 Å². The monoisotopic (exact) mass is 513 g/mol. The Kier molecular flexibility index (Phi) is 7.23. The molecule has 0 fully saturated rings. The molecule has 2 heterocycles. The van der Waals surface area contributed by atoms with E-state index in [1.807, 2.05) is 24.3 Å². The molecule has 0 saturated heterocycles. The fourth-order valence-corrected chi connectivity index (χ4v) is 4.21. The van der Waals surface area contributed by atoms with E-state index < -0.39 is 17.4 Å². The number of aryl methyl sites for hydroxylation is 1. The molecule has 8 nitrogen and oxygen atoms in total. The Labute approximate surface area is 209 Å². The molecule has 1 N–H and O–H groups in total. The molecule has 4 rings (SSSR count). The minimum atomic E-state index is -1.41. The van der Waals surface area contributed by atoms with Gasteiger partial charge in [-0.2, -0.15) is 0 Å². The smallest absolute Gasteiger partial charge is 0.450 e. The standard InChI is InChI=1S/C25H21Cl2N3O5/c1-29-20-14-28-22(16-5-9-18(27)10-6-16)19(13-15-3-7-17(26)8-4-15)21(20)23(31)30(24(29)32)11-2-12-35-25(33)34/h3-10,14H,2,11-13H2,1H3,(H,33,34). The van der Waals surface area contributed by atoms with Gasteiger partial charge >= 0.3 is 11.8 Å². The van der Waals surface area contributed by atoms with Gasteiger partial charge in [-0.25, -0.2) is 9.59 Å². The Balaban J connectivity index is 1.93. The van der Waals surface area contributed by atoms with Crippen LogP contribution in [0.5, 0.6) is 0 Å². The number of nitrogens with zero attached hydrogens (tertiary/aromatic N) is 3. The average molecular weight is 514 g/mol. The number of benzene rings is 2. The first kappa shape index (κ1) is 24.5. The van der Waals surface area contributed by atoms with E-state index >= 15 is 0 Å². The largest absolute Gasteiger partial charge is 0.505 e. The van der Waals surface area contributed by atoms with Crippen LogP contribution >= 0.6 is 23.2 Å². The molecule has 0 spiro atoms. The van der Waals surface area contributed by atoms with E-state index in [0.29, 0.717) is 38.6 Å². The third kappa shape index (κ3) is 5.23. The molecule has 2 aromatic heterocycles. The zero-order chi connectivity index (χ0) is 25.1. The minimum absolute atomic E-state index is 0.00765. The Bertz CT molecular complexity index is 1510. The number of ether oxygens (including phenoxy) is 1. The molecule has 4 aromatic rings. The van der Waals surface area contributed by atoms with Crippen molar-refractivity contribution in [3.05, 3.63) is 96.7 Å². The highest BCUT2D eigenvalue weighted by atomic mass is 35.5. The number of aromatic nitrogens is 3. The van der Waals surface area contributed by atoms with Gasteiger partial charge < -0.3 is 9.84 Å². The van der Waals surface area contributed by atoms with Crippen molar-refractivity contribution >= 4 is 40.3 Å². The van der Waals surface area contributed by atoms with E-state index in [2.05, 4.69) is 9.72 Å². The Hall–Kier alpha value is -3.62. The topological polar surface area (TPSA) is 103 Å². The average Bonchev–Trinajstić information content (AvgIpc) is 2.83. The molecule has 10 heteroatoms.